The second-order valence-electron chi connectivity index (χ2n) is 5.27. The minimum absolute atomic E-state index is 0. The average Bonchev–Trinajstić information content (AvgIpc) is 2.98. The molecule has 136 valence electrons. The predicted molar refractivity (Wildman–Crippen MR) is 90.5 cm³/mol. The van der Waals surface area contributed by atoms with Crippen LogP contribution in [0.3, 0.4) is 0 Å². The van der Waals surface area contributed by atoms with E-state index in [2.05, 4.69) is 25.6 Å². The Balaban J connectivity index is 0.00000225. The zero-order chi connectivity index (χ0) is 17.1. The van der Waals surface area contributed by atoms with Gasteiger partial charge in [0.2, 0.25) is 0 Å². The van der Waals surface area contributed by atoms with Crippen molar-refractivity contribution in [3.63, 3.8) is 0 Å². The molecule has 3 rings (SSSR count). The molecule has 2 heterocycles. The van der Waals surface area contributed by atoms with Crippen LogP contribution in [0.4, 0.5) is 8.78 Å². The lowest BCUT2D eigenvalue weighted by molar-refractivity contribution is -0.0504. The average molecular weight is 393 g/mol. The van der Waals surface area contributed by atoms with Gasteiger partial charge in [0.15, 0.2) is 5.69 Å². The number of carbonyl (C=O) groups excluding carboxylic acids is 1. The molecule has 25 heavy (non-hydrogen) atoms. The summed E-state index contributed by atoms with van der Waals surface area (Å²) in [6.45, 7) is -1.57. The van der Waals surface area contributed by atoms with Crippen LogP contribution >= 0.6 is 24.0 Å². The number of benzene rings is 1. The molecule has 1 aromatic heterocycles. The van der Waals surface area contributed by atoms with Gasteiger partial charge in [-0.3, -0.25) is 9.89 Å². The molecule has 10 heteroatoms. The number of amides is 1. The van der Waals surface area contributed by atoms with Crippen molar-refractivity contribution in [2.24, 2.45) is 0 Å². The normalized spacial score (nSPS) is 13.1. The number of carbonyl (C=O) groups is 1. The van der Waals surface area contributed by atoms with E-state index in [0.29, 0.717) is 22.8 Å². The van der Waals surface area contributed by atoms with Gasteiger partial charge in [-0.2, -0.15) is 13.9 Å². The molecule has 3 N–H and O–H groups in total. The number of nitrogens with zero attached hydrogens (tertiary/aromatic N) is 1. The molecule has 0 unspecified atom stereocenters. The maximum absolute atomic E-state index is 12.4. The molecule has 0 fully saturated rings. The molecule has 6 nitrogen and oxygen atoms in total. The topological polar surface area (TPSA) is 79.0 Å². The van der Waals surface area contributed by atoms with Crippen LogP contribution in [0.2, 0.25) is 5.02 Å². The lowest BCUT2D eigenvalue weighted by atomic mass is 10.1. The van der Waals surface area contributed by atoms with Crippen molar-refractivity contribution < 1.29 is 18.3 Å². The van der Waals surface area contributed by atoms with Gasteiger partial charge < -0.3 is 15.4 Å². The van der Waals surface area contributed by atoms with Gasteiger partial charge in [0.25, 0.3) is 5.91 Å². The Hall–Kier alpha value is -1.90. The summed E-state index contributed by atoms with van der Waals surface area (Å²) >= 11 is 5.88. The van der Waals surface area contributed by atoms with Gasteiger partial charge in [-0.1, -0.05) is 11.6 Å². The van der Waals surface area contributed by atoms with Crippen LogP contribution in [0.25, 0.3) is 0 Å². The summed E-state index contributed by atoms with van der Waals surface area (Å²) in [5.41, 5.74) is 2.42. The smallest absolute Gasteiger partial charge is 0.387 e. The zero-order valence-electron chi connectivity index (χ0n) is 12.9. The third-order valence-corrected chi connectivity index (χ3v) is 3.93. The van der Waals surface area contributed by atoms with Gasteiger partial charge in [-0.15, -0.1) is 12.4 Å². The first-order valence-electron chi connectivity index (χ1n) is 7.33. The molecule has 1 amide bonds. The van der Waals surface area contributed by atoms with E-state index in [9.17, 15) is 13.6 Å². The fourth-order valence-electron chi connectivity index (χ4n) is 2.57. The highest BCUT2D eigenvalue weighted by atomic mass is 35.5. The van der Waals surface area contributed by atoms with Gasteiger partial charge in [-0.05, 0) is 18.2 Å². The van der Waals surface area contributed by atoms with Crippen LogP contribution in [0.15, 0.2) is 18.2 Å². The summed E-state index contributed by atoms with van der Waals surface area (Å²) in [6.07, 6.45) is 0.774. The summed E-state index contributed by atoms with van der Waals surface area (Å²) < 4.78 is 29.3. The second kappa shape index (κ2) is 8.46. The van der Waals surface area contributed by atoms with Gasteiger partial charge in [0.05, 0.1) is 0 Å². The molecule has 2 aromatic rings. The number of aromatic amines is 1. The number of nitrogens with one attached hydrogen (secondary N) is 3. The van der Waals surface area contributed by atoms with E-state index in [-0.39, 0.29) is 30.6 Å². The van der Waals surface area contributed by atoms with Gasteiger partial charge in [0.1, 0.15) is 5.75 Å². The van der Waals surface area contributed by atoms with Crippen LogP contribution in [0.1, 0.15) is 27.3 Å². The van der Waals surface area contributed by atoms with Gasteiger partial charge in [0, 0.05) is 47.9 Å². The molecule has 0 aliphatic carbocycles. The quantitative estimate of drug-likeness (QED) is 0.730. The Kier molecular flexibility index (Phi) is 6.57. The Morgan fingerprint density at radius 3 is 3.00 bits per heavy atom. The Morgan fingerprint density at radius 2 is 2.24 bits per heavy atom. The van der Waals surface area contributed by atoms with Crippen LogP contribution < -0.4 is 15.4 Å². The van der Waals surface area contributed by atoms with E-state index in [1.54, 1.807) is 0 Å². The van der Waals surface area contributed by atoms with Crippen LogP contribution in [-0.2, 0) is 19.5 Å². The molecule has 0 spiro atoms. The number of aromatic nitrogens is 2. The van der Waals surface area contributed by atoms with Gasteiger partial charge in [-0.25, -0.2) is 0 Å². The lowest BCUT2D eigenvalue weighted by Gasteiger charge is -2.14. The molecule has 0 saturated heterocycles. The van der Waals surface area contributed by atoms with Crippen LogP contribution in [0.5, 0.6) is 5.75 Å². The van der Waals surface area contributed by atoms with Crippen LogP contribution in [-0.4, -0.2) is 29.3 Å². The number of hydrogen-bond acceptors (Lipinski definition) is 4. The van der Waals surface area contributed by atoms with Crippen molar-refractivity contribution in [2.45, 2.75) is 26.1 Å². The SMILES string of the molecule is Cl.O=C(NCc1cc(Cl)ccc1OC(F)F)c1n[nH]c2c1CNCC2. The lowest BCUT2D eigenvalue weighted by Crippen LogP contribution is -2.28. The summed E-state index contributed by atoms with van der Waals surface area (Å²) in [4.78, 5) is 12.3. The van der Waals surface area contributed by atoms with E-state index in [4.69, 9.17) is 11.6 Å². The van der Waals surface area contributed by atoms with E-state index in [1.165, 1.54) is 18.2 Å². The monoisotopic (exact) mass is 392 g/mol. The number of alkyl halides is 2. The van der Waals surface area contributed by atoms with E-state index in [0.717, 1.165) is 24.2 Å². The molecule has 1 aliphatic rings. The number of rotatable bonds is 5. The maximum atomic E-state index is 12.4. The molecule has 1 aliphatic heterocycles. The summed E-state index contributed by atoms with van der Waals surface area (Å²) in [6, 6.07) is 4.26. The minimum Gasteiger partial charge on any atom is -0.434 e. The molecular formula is C15H16Cl2F2N4O2. The predicted octanol–water partition coefficient (Wildman–Crippen LogP) is 2.66. The van der Waals surface area contributed by atoms with Crippen molar-refractivity contribution in [1.82, 2.24) is 20.8 Å². The first-order chi connectivity index (χ1) is 11.5. The van der Waals surface area contributed by atoms with Crippen molar-refractivity contribution in [3.8, 4) is 5.75 Å². The fraction of sp³-hybridized carbons (Fsp3) is 0.333. The van der Waals surface area contributed by atoms with Crippen molar-refractivity contribution >= 4 is 29.9 Å². The number of ether oxygens (including phenoxy) is 1. The molecule has 1 aromatic carbocycles. The van der Waals surface area contributed by atoms with Crippen LogP contribution in [0, 0.1) is 0 Å². The number of halogens is 4. The molecule has 0 atom stereocenters. The van der Waals surface area contributed by atoms with E-state index in [1.807, 2.05) is 0 Å². The van der Waals surface area contributed by atoms with Crippen molar-refractivity contribution in [3.05, 3.63) is 45.7 Å². The highest BCUT2D eigenvalue weighted by Gasteiger charge is 2.21. The van der Waals surface area contributed by atoms with E-state index < -0.39 is 6.61 Å². The third kappa shape index (κ3) is 4.59. The number of fused-ring (bicyclic) bond motifs is 1. The van der Waals surface area contributed by atoms with Gasteiger partial charge >= 0.3 is 6.61 Å². The Morgan fingerprint density at radius 1 is 1.44 bits per heavy atom. The molecular weight excluding hydrogens is 377 g/mol. The largest absolute Gasteiger partial charge is 0.434 e. The highest BCUT2D eigenvalue weighted by Crippen LogP contribution is 2.24. The second-order valence-corrected chi connectivity index (χ2v) is 5.71. The van der Waals surface area contributed by atoms with Crippen molar-refractivity contribution in [2.75, 3.05) is 6.54 Å². The zero-order valence-corrected chi connectivity index (χ0v) is 14.5. The highest BCUT2D eigenvalue weighted by molar-refractivity contribution is 6.30. The first kappa shape index (κ1) is 19.4. The Bertz CT molecular complexity index is 755. The summed E-state index contributed by atoms with van der Waals surface area (Å²) in [5.74, 6) is -0.417. The summed E-state index contributed by atoms with van der Waals surface area (Å²) in [7, 11) is 0. The third-order valence-electron chi connectivity index (χ3n) is 3.70. The Labute approximate surface area is 153 Å². The first-order valence-corrected chi connectivity index (χ1v) is 7.70. The number of hydrogen-bond donors (Lipinski definition) is 3. The summed E-state index contributed by atoms with van der Waals surface area (Å²) in [5, 5.41) is 13.1. The molecule has 0 radical (unpaired) electrons. The number of H-pyrrole nitrogens is 1. The molecule has 0 bridgehead atoms. The maximum Gasteiger partial charge on any atom is 0.387 e. The molecule has 0 saturated carbocycles. The standard InChI is InChI=1S/C15H15ClF2N4O2.ClH/c16-9-1-2-12(24-15(17)18)8(5-9)6-20-14(23)13-10-7-19-4-3-11(10)21-22-13;/h1-2,5,15,19H,3-4,6-7H2,(H,20,23)(H,21,22);1H. The van der Waals surface area contributed by atoms with Crippen molar-refractivity contribution in [1.29, 1.82) is 0 Å². The fourth-order valence-corrected chi connectivity index (χ4v) is 2.76. The van der Waals surface area contributed by atoms with E-state index >= 15 is 0 Å². The minimum atomic E-state index is -2.95.